The van der Waals surface area contributed by atoms with E-state index in [1.165, 1.54) is 10.8 Å². The van der Waals surface area contributed by atoms with E-state index < -0.39 is 16.9 Å². The molecule has 2 aliphatic rings. The van der Waals surface area contributed by atoms with E-state index in [4.69, 9.17) is 0 Å². The number of nitrogens with one attached hydrogen (secondary N) is 1. The standard InChI is InChI=1S/C19H15N5O3S/c1-23-17(26)5-3-12-7-13(9-20-19(12)23)11-2-4-15-14(6-11)10-21-24(15)18-8-16(25)22-28(18)27/h2,4,6-10H,3,5H2,1H3,(H,22,25). The first-order chi connectivity index (χ1) is 13.5. The first-order valence-electron chi connectivity index (χ1n) is 8.69. The van der Waals surface area contributed by atoms with Crippen LogP contribution in [0.4, 0.5) is 5.82 Å². The Hall–Kier alpha value is -3.33. The highest BCUT2D eigenvalue weighted by Gasteiger charge is 2.24. The highest BCUT2D eigenvalue weighted by Crippen LogP contribution is 2.31. The van der Waals surface area contributed by atoms with Crippen LogP contribution >= 0.6 is 0 Å². The number of hydrogen-bond donors (Lipinski definition) is 1. The summed E-state index contributed by atoms with van der Waals surface area (Å²) in [6.07, 6.45) is 5.90. The SMILES string of the molecule is CN1C(=O)CCc2cc(-c3ccc4c(cnn4C4=CC(=O)NS4=O)c3)cnc21. The molecule has 9 heteroatoms. The summed E-state index contributed by atoms with van der Waals surface area (Å²) in [4.78, 5) is 29.4. The largest absolute Gasteiger partial charge is 0.300 e. The molecule has 0 aliphatic carbocycles. The molecule has 2 aliphatic heterocycles. The summed E-state index contributed by atoms with van der Waals surface area (Å²) >= 11 is 0. The van der Waals surface area contributed by atoms with Gasteiger partial charge in [-0.15, -0.1) is 0 Å². The van der Waals surface area contributed by atoms with Crippen molar-refractivity contribution in [2.75, 3.05) is 11.9 Å². The molecule has 0 saturated carbocycles. The lowest BCUT2D eigenvalue weighted by atomic mass is 9.99. The molecule has 0 fully saturated rings. The highest BCUT2D eigenvalue weighted by molar-refractivity contribution is 7.93. The van der Waals surface area contributed by atoms with Crippen molar-refractivity contribution in [3.8, 4) is 11.1 Å². The first-order valence-corrected chi connectivity index (χ1v) is 9.84. The zero-order valence-electron chi connectivity index (χ0n) is 14.9. The van der Waals surface area contributed by atoms with Gasteiger partial charge in [0.05, 0.1) is 11.7 Å². The topological polar surface area (TPSA) is 97.2 Å². The van der Waals surface area contributed by atoms with Gasteiger partial charge in [-0.1, -0.05) is 6.07 Å². The average molecular weight is 393 g/mol. The van der Waals surface area contributed by atoms with Crippen LogP contribution in [0.2, 0.25) is 0 Å². The molecular formula is C19H15N5O3S. The van der Waals surface area contributed by atoms with E-state index in [1.54, 1.807) is 24.3 Å². The van der Waals surface area contributed by atoms with Crippen LogP contribution in [-0.4, -0.2) is 37.8 Å². The number of carbonyl (C=O) groups is 2. The van der Waals surface area contributed by atoms with Gasteiger partial charge in [0.2, 0.25) is 5.91 Å². The van der Waals surface area contributed by atoms with Crippen LogP contribution in [0.5, 0.6) is 0 Å². The number of nitrogens with zero attached hydrogens (tertiary/aromatic N) is 4. The van der Waals surface area contributed by atoms with E-state index in [2.05, 4.69) is 20.9 Å². The second kappa shape index (κ2) is 6.10. The zero-order chi connectivity index (χ0) is 19.4. The molecule has 0 bridgehead atoms. The third-order valence-corrected chi connectivity index (χ3v) is 6.05. The molecule has 2 amide bonds. The van der Waals surface area contributed by atoms with Crippen molar-refractivity contribution in [3.63, 3.8) is 0 Å². The number of pyridine rings is 1. The molecule has 28 heavy (non-hydrogen) atoms. The smallest absolute Gasteiger partial charge is 0.258 e. The van der Waals surface area contributed by atoms with E-state index in [0.717, 1.165) is 27.6 Å². The zero-order valence-corrected chi connectivity index (χ0v) is 15.7. The van der Waals surface area contributed by atoms with Crippen molar-refractivity contribution in [1.29, 1.82) is 0 Å². The fourth-order valence-electron chi connectivity index (χ4n) is 3.54. The fraction of sp³-hybridized carbons (Fsp3) is 0.158. The summed E-state index contributed by atoms with van der Waals surface area (Å²) in [6, 6.07) is 7.87. The van der Waals surface area contributed by atoms with Crippen LogP contribution in [0, 0.1) is 0 Å². The molecule has 0 spiro atoms. The number of amides is 2. The van der Waals surface area contributed by atoms with Crippen molar-refractivity contribution in [3.05, 3.63) is 48.3 Å². The Labute approximate surface area is 162 Å². The molecule has 0 saturated heterocycles. The van der Waals surface area contributed by atoms with Gasteiger partial charge in [-0.2, -0.15) is 5.10 Å². The molecule has 2 aromatic heterocycles. The van der Waals surface area contributed by atoms with Crippen molar-refractivity contribution in [2.45, 2.75) is 12.8 Å². The minimum atomic E-state index is -1.61. The van der Waals surface area contributed by atoms with Crippen molar-refractivity contribution in [2.24, 2.45) is 0 Å². The van der Waals surface area contributed by atoms with Gasteiger partial charge in [0, 0.05) is 36.7 Å². The number of carbonyl (C=O) groups excluding carboxylic acids is 2. The number of hydrogen-bond acceptors (Lipinski definition) is 5. The van der Waals surface area contributed by atoms with Gasteiger partial charge in [0.1, 0.15) is 5.82 Å². The Balaban J connectivity index is 1.55. The Morgan fingerprint density at radius 2 is 1.96 bits per heavy atom. The van der Waals surface area contributed by atoms with Crippen LogP contribution < -0.4 is 9.62 Å². The summed E-state index contributed by atoms with van der Waals surface area (Å²) in [6.45, 7) is 0. The average Bonchev–Trinajstić information content (AvgIpc) is 3.26. The summed E-state index contributed by atoms with van der Waals surface area (Å²) < 4.78 is 15.9. The fourth-order valence-corrected chi connectivity index (χ4v) is 4.40. The lowest BCUT2D eigenvalue weighted by molar-refractivity contribution is -0.118. The van der Waals surface area contributed by atoms with E-state index in [0.29, 0.717) is 23.7 Å². The molecule has 0 radical (unpaired) electrons. The number of rotatable bonds is 2. The number of aromatic nitrogens is 3. The summed E-state index contributed by atoms with van der Waals surface area (Å²) in [5.74, 6) is 0.395. The minimum Gasteiger partial charge on any atom is -0.300 e. The lowest BCUT2D eigenvalue weighted by Crippen LogP contribution is -2.31. The highest BCUT2D eigenvalue weighted by atomic mass is 32.2. The van der Waals surface area contributed by atoms with Gasteiger partial charge in [-0.3, -0.25) is 19.2 Å². The Morgan fingerprint density at radius 1 is 1.11 bits per heavy atom. The van der Waals surface area contributed by atoms with Crippen LogP contribution in [0.15, 0.2) is 42.7 Å². The minimum absolute atomic E-state index is 0.0770. The van der Waals surface area contributed by atoms with Crippen LogP contribution in [0.25, 0.3) is 27.1 Å². The first kappa shape index (κ1) is 16.8. The predicted molar refractivity (Wildman–Crippen MR) is 105 cm³/mol. The number of benzene rings is 1. The maximum atomic E-state index is 12.0. The lowest BCUT2D eigenvalue weighted by Gasteiger charge is -2.24. The maximum absolute atomic E-state index is 12.0. The second-order valence-corrected chi connectivity index (χ2v) is 7.87. The third-order valence-electron chi connectivity index (χ3n) is 4.99. The van der Waals surface area contributed by atoms with E-state index in [9.17, 15) is 13.8 Å². The molecule has 8 nitrogen and oxygen atoms in total. The van der Waals surface area contributed by atoms with Crippen LogP contribution in [-0.2, 0) is 27.0 Å². The monoisotopic (exact) mass is 393 g/mol. The quantitative estimate of drug-likeness (QED) is 0.713. The number of anilines is 1. The molecule has 3 aromatic rings. The van der Waals surface area contributed by atoms with E-state index in [-0.39, 0.29) is 5.91 Å². The Bertz CT molecular complexity index is 1230. The van der Waals surface area contributed by atoms with E-state index >= 15 is 0 Å². The molecule has 1 unspecified atom stereocenters. The van der Waals surface area contributed by atoms with Crippen molar-refractivity contribution in [1.82, 2.24) is 19.5 Å². The molecular weight excluding hydrogens is 378 g/mol. The Kier molecular flexibility index (Phi) is 3.66. The molecule has 4 heterocycles. The molecule has 1 aromatic carbocycles. The number of fused-ring (bicyclic) bond motifs is 2. The Morgan fingerprint density at radius 3 is 2.75 bits per heavy atom. The summed E-state index contributed by atoms with van der Waals surface area (Å²) in [5, 5.41) is 5.47. The maximum Gasteiger partial charge on any atom is 0.258 e. The van der Waals surface area contributed by atoms with Gasteiger partial charge in [-0.25, -0.2) is 13.9 Å². The van der Waals surface area contributed by atoms with Crippen molar-refractivity contribution >= 4 is 44.5 Å². The number of aryl methyl sites for hydroxylation is 1. The second-order valence-electron chi connectivity index (χ2n) is 6.71. The third kappa shape index (κ3) is 2.55. The van der Waals surface area contributed by atoms with Gasteiger partial charge >= 0.3 is 0 Å². The van der Waals surface area contributed by atoms with Gasteiger partial charge in [0.25, 0.3) is 5.91 Å². The summed E-state index contributed by atoms with van der Waals surface area (Å²) in [7, 11) is 0.139. The van der Waals surface area contributed by atoms with Gasteiger partial charge < -0.3 is 0 Å². The molecule has 140 valence electrons. The van der Waals surface area contributed by atoms with Crippen LogP contribution in [0.3, 0.4) is 0 Å². The van der Waals surface area contributed by atoms with Gasteiger partial charge in [0.15, 0.2) is 16.0 Å². The molecule has 1 atom stereocenters. The molecule has 1 N–H and O–H groups in total. The predicted octanol–water partition coefficient (Wildman–Crippen LogP) is 1.60. The van der Waals surface area contributed by atoms with Gasteiger partial charge in [-0.05, 0) is 35.7 Å². The van der Waals surface area contributed by atoms with Crippen LogP contribution in [0.1, 0.15) is 12.0 Å². The van der Waals surface area contributed by atoms with Crippen molar-refractivity contribution < 1.29 is 13.8 Å². The van der Waals surface area contributed by atoms with E-state index in [1.807, 2.05) is 18.2 Å². The molecule has 5 rings (SSSR count). The summed E-state index contributed by atoms with van der Waals surface area (Å²) in [5.41, 5.74) is 3.73. The normalized spacial score (nSPS) is 19.0.